The second-order valence-electron chi connectivity index (χ2n) is 8.61. The number of unbranched alkanes of at least 4 members (excludes halogenated alkanes) is 1. The van der Waals surface area contributed by atoms with Crippen molar-refractivity contribution in [3.05, 3.63) is 30.0 Å². The predicted octanol–water partition coefficient (Wildman–Crippen LogP) is 5.53. The summed E-state index contributed by atoms with van der Waals surface area (Å²) < 4.78 is 17.2. The molecule has 0 saturated carbocycles. The molecule has 2 atom stereocenters. The van der Waals surface area contributed by atoms with Crippen molar-refractivity contribution in [1.29, 1.82) is 0 Å². The number of hydrogen-bond donors (Lipinski definition) is 2. The van der Waals surface area contributed by atoms with Gasteiger partial charge in [-0.05, 0) is 37.6 Å². The maximum absolute atomic E-state index is 12.8. The molecule has 0 radical (unpaired) electrons. The van der Waals surface area contributed by atoms with Crippen LogP contribution in [0.2, 0.25) is 0 Å². The van der Waals surface area contributed by atoms with E-state index in [0.717, 1.165) is 36.8 Å². The smallest absolute Gasteiger partial charge is 0.319 e. The molecule has 1 amide bonds. The maximum Gasteiger partial charge on any atom is 0.319 e. The Kier molecular flexibility index (Phi) is 23.7. The number of aromatic nitrogens is 2. The van der Waals surface area contributed by atoms with E-state index >= 15 is 0 Å². The summed E-state index contributed by atoms with van der Waals surface area (Å²) in [5.41, 5.74) is 1.76. The first-order valence-corrected chi connectivity index (χ1v) is 14.6. The molecule has 0 aliphatic heterocycles. The minimum Gasteiger partial charge on any atom is -0.496 e. The van der Waals surface area contributed by atoms with Crippen LogP contribution in [0.5, 0.6) is 11.5 Å². The molecule has 2 N–H and O–H groups in total. The van der Waals surface area contributed by atoms with Crippen molar-refractivity contribution in [3.8, 4) is 22.8 Å². The predicted molar refractivity (Wildman–Crippen MR) is 166 cm³/mol. The summed E-state index contributed by atoms with van der Waals surface area (Å²) in [5, 5.41) is 10.0. The highest BCUT2D eigenvalue weighted by molar-refractivity contribution is 5.95. The summed E-state index contributed by atoms with van der Waals surface area (Å²) in [4.78, 5) is 34.3. The van der Waals surface area contributed by atoms with E-state index in [2.05, 4.69) is 34.3 Å². The lowest BCUT2D eigenvalue weighted by atomic mass is 10.1. The monoisotopic (exact) mass is 578 g/mol. The normalized spacial score (nSPS) is 11.1. The van der Waals surface area contributed by atoms with Crippen LogP contribution in [0.4, 0.5) is 0 Å². The summed E-state index contributed by atoms with van der Waals surface area (Å²) in [6.07, 6.45) is 4.21. The van der Waals surface area contributed by atoms with Crippen LogP contribution >= 0.6 is 0 Å². The molecule has 1 heterocycles. The minimum absolute atomic E-state index is 0.234. The Bertz CT molecular complexity index is 971. The zero-order valence-corrected chi connectivity index (χ0v) is 27.1. The second-order valence-corrected chi connectivity index (χ2v) is 8.61. The van der Waals surface area contributed by atoms with Gasteiger partial charge in [0.15, 0.2) is 5.69 Å². The fourth-order valence-corrected chi connectivity index (χ4v) is 3.45. The molecule has 0 aliphatic rings. The molecule has 1 aromatic carbocycles. The zero-order valence-electron chi connectivity index (χ0n) is 27.1. The first-order chi connectivity index (χ1) is 19.8. The molecule has 0 fully saturated rings. The van der Waals surface area contributed by atoms with Crippen LogP contribution in [-0.2, 0) is 20.9 Å². The molecule has 2 aromatic rings. The van der Waals surface area contributed by atoms with Crippen LogP contribution in [0.3, 0.4) is 0 Å². The summed E-state index contributed by atoms with van der Waals surface area (Å²) in [5.74, 6) is 1.05. The summed E-state index contributed by atoms with van der Waals surface area (Å²) >= 11 is 0. The number of amides is 1. The number of aldehydes is 1. The molecule has 0 spiro atoms. The van der Waals surface area contributed by atoms with Gasteiger partial charge in [-0.3, -0.25) is 14.3 Å². The minimum atomic E-state index is -0.513. The van der Waals surface area contributed by atoms with Crippen LogP contribution in [-0.4, -0.2) is 68.9 Å². The Morgan fingerprint density at radius 3 is 2.05 bits per heavy atom. The standard InChI is InChI=1S/C23H33N3O4.C4H9NO2.2C2H6/c1-6-8-10-17(15-27)24-23(28)18-13-19(26(25-18)14-16(3)7-2)22-20(29-4)11-9-12-21(22)30-5;1-5-3-4(6)7-2;2*1-2/h9,11-13,15-17H,6-8,10,14H2,1-5H3,(H,24,28);5H,3H2,1-2H3;2*1-2H3. The van der Waals surface area contributed by atoms with Crippen molar-refractivity contribution in [2.45, 2.75) is 86.7 Å². The number of esters is 1. The van der Waals surface area contributed by atoms with E-state index < -0.39 is 6.04 Å². The summed E-state index contributed by atoms with van der Waals surface area (Å²) in [6, 6.07) is 6.78. The largest absolute Gasteiger partial charge is 0.496 e. The Labute approximate surface area is 247 Å². The average Bonchev–Trinajstić information content (AvgIpc) is 3.44. The van der Waals surface area contributed by atoms with Crippen molar-refractivity contribution in [2.75, 3.05) is 34.9 Å². The van der Waals surface area contributed by atoms with Gasteiger partial charge in [-0.15, -0.1) is 0 Å². The summed E-state index contributed by atoms with van der Waals surface area (Å²) in [6.45, 7) is 15.2. The van der Waals surface area contributed by atoms with Gasteiger partial charge < -0.3 is 29.6 Å². The third-order valence-electron chi connectivity index (χ3n) is 5.78. The van der Waals surface area contributed by atoms with Crippen molar-refractivity contribution < 1.29 is 28.6 Å². The lowest BCUT2D eigenvalue weighted by Gasteiger charge is -2.16. The highest BCUT2D eigenvalue weighted by Gasteiger charge is 2.23. The topological polar surface area (TPSA) is 121 Å². The third kappa shape index (κ3) is 14.2. The van der Waals surface area contributed by atoms with E-state index in [1.807, 2.05) is 57.5 Å². The molecule has 2 unspecified atom stereocenters. The lowest BCUT2D eigenvalue weighted by Crippen LogP contribution is -2.36. The van der Waals surface area contributed by atoms with E-state index in [4.69, 9.17) is 9.47 Å². The number of nitrogens with one attached hydrogen (secondary N) is 2. The van der Waals surface area contributed by atoms with Crippen LogP contribution in [0.25, 0.3) is 11.3 Å². The van der Waals surface area contributed by atoms with Gasteiger partial charge in [-0.2, -0.15) is 5.10 Å². The van der Waals surface area contributed by atoms with E-state index in [9.17, 15) is 14.4 Å². The van der Waals surface area contributed by atoms with Crippen LogP contribution in [0.1, 0.15) is 84.6 Å². The molecule has 234 valence electrons. The Hall–Kier alpha value is -3.40. The number of likely N-dealkylation sites (N-methyl/N-ethyl adjacent to an activating group) is 1. The molecule has 2 rings (SSSR count). The van der Waals surface area contributed by atoms with Gasteiger partial charge in [-0.1, -0.05) is 73.8 Å². The molecule has 41 heavy (non-hydrogen) atoms. The van der Waals surface area contributed by atoms with Crippen molar-refractivity contribution in [2.24, 2.45) is 5.92 Å². The maximum atomic E-state index is 12.8. The highest BCUT2D eigenvalue weighted by Crippen LogP contribution is 2.38. The number of benzene rings is 1. The molecule has 10 heteroatoms. The van der Waals surface area contributed by atoms with Crippen LogP contribution in [0, 0.1) is 5.92 Å². The first kappa shape index (κ1) is 39.7. The van der Waals surface area contributed by atoms with Crippen molar-refractivity contribution in [3.63, 3.8) is 0 Å². The zero-order chi connectivity index (χ0) is 31.8. The fraction of sp³-hybridized carbons (Fsp3) is 0.613. The Balaban J connectivity index is 0. The average molecular weight is 579 g/mol. The van der Waals surface area contributed by atoms with E-state index in [1.165, 1.54) is 7.11 Å². The number of hydrogen-bond acceptors (Lipinski definition) is 8. The Morgan fingerprint density at radius 1 is 1.05 bits per heavy atom. The van der Waals surface area contributed by atoms with Gasteiger partial charge >= 0.3 is 5.97 Å². The fourth-order valence-electron chi connectivity index (χ4n) is 3.45. The Morgan fingerprint density at radius 2 is 1.63 bits per heavy atom. The number of rotatable bonds is 14. The van der Waals surface area contributed by atoms with Gasteiger partial charge in [0.05, 0.1) is 45.2 Å². The molecule has 0 saturated heterocycles. The number of methoxy groups -OCH3 is 3. The van der Waals surface area contributed by atoms with Gasteiger partial charge in [0.1, 0.15) is 17.8 Å². The summed E-state index contributed by atoms with van der Waals surface area (Å²) in [7, 11) is 6.25. The molecular formula is C31H54N4O6. The van der Waals surface area contributed by atoms with E-state index in [1.54, 1.807) is 27.3 Å². The molecule has 1 aromatic heterocycles. The van der Waals surface area contributed by atoms with Gasteiger partial charge in [0.2, 0.25) is 0 Å². The van der Waals surface area contributed by atoms with E-state index in [0.29, 0.717) is 30.4 Å². The van der Waals surface area contributed by atoms with Crippen molar-refractivity contribution >= 4 is 18.2 Å². The number of carbonyl (C=O) groups excluding carboxylic acids is 3. The SMILES string of the molecule is CC.CC.CCCCC(C=O)NC(=O)c1cc(-c2c(OC)cccc2OC)n(CC(C)CC)n1.CNCC(=O)OC. The van der Waals surface area contributed by atoms with Crippen LogP contribution < -0.4 is 20.1 Å². The van der Waals surface area contributed by atoms with Gasteiger partial charge in [0, 0.05) is 6.54 Å². The van der Waals surface area contributed by atoms with Gasteiger partial charge in [0.25, 0.3) is 5.91 Å². The second kappa shape index (κ2) is 24.4. The molecule has 10 nitrogen and oxygen atoms in total. The number of ether oxygens (including phenoxy) is 3. The quantitative estimate of drug-likeness (QED) is 0.222. The number of carbonyl (C=O) groups is 3. The molecule has 0 bridgehead atoms. The number of nitrogens with zero attached hydrogens (tertiary/aromatic N) is 2. The third-order valence-corrected chi connectivity index (χ3v) is 5.78. The van der Waals surface area contributed by atoms with Gasteiger partial charge in [-0.25, -0.2) is 0 Å². The highest BCUT2D eigenvalue weighted by atomic mass is 16.5. The molecule has 0 aliphatic carbocycles. The van der Waals surface area contributed by atoms with E-state index in [-0.39, 0.29) is 24.1 Å². The molecular weight excluding hydrogens is 524 g/mol. The van der Waals surface area contributed by atoms with Crippen LogP contribution in [0.15, 0.2) is 24.3 Å². The first-order valence-electron chi connectivity index (χ1n) is 14.6. The lowest BCUT2D eigenvalue weighted by molar-refractivity contribution is -0.139. The van der Waals surface area contributed by atoms with Crippen molar-refractivity contribution in [1.82, 2.24) is 20.4 Å².